The summed E-state index contributed by atoms with van der Waals surface area (Å²) >= 11 is 5.93. The average Bonchev–Trinajstić information content (AvgIpc) is 2.65. The van der Waals surface area contributed by atoms with E-state index < -0.39 is 49.3 Å². The van der Waals surface area contributed by atoms with Gasteiger partial charge >= 0.3 is 5.97 Å². The third kappa shape index (κ3) is 4.88. The van der Waals surface area contributed by atoms with E-state index in [-0.39, 0.29) is 22.9 Å². The molecule has 0 aliphatic carbocycles. The molecule has 1 unspecified atom stereocenters. The molecule has 0 fully saturated rings. The molecule has 1 atom stereocenters. The highest BCUT2D eigenvalue weighted by Gasteiger charge is 2.33. The fraction of sp³-hybridized carbons (Fsp3) is 0.222. The summed E-state index contributed by atoms with van der Waals surface area (Å²) in [6.07, 6.45) is 0. The minimum Gasteiger partial charge on any atom is -0.465 e. The SMILES string of the molecule is CCOC(=O)C(C)S(=O)(=O)c1cc(C(=O)Nc2cc(F)c(F)c(F)c2)ccc1Cl. The second-order valence-electron chi connectivity index (χ2n) is 5.79. The van der Waals surface area contributed by atoms with Gasteiger partial charge in [-0.25, -0.2) is 21.6 Å². The third-order valence-corrected chi connectivity index (χ3v) is 6.34. The highest BCUT2D eigenvalue weighted by atomic mass is 35.5. The van der Waals surface area contributed by atoms with Crippen LogP contribution in [0.5, 0.6) is 0 Å². The number of carbonyl (C=O) groups excluding carboxylic acids is 2. The van der Waals surface area contributed by atoms with Gasteiger partial charge in [0, 0.05) is 23.4 Å². The molecule has 0 saturated carbocycles. The summed E-state index contributed by atoms with van der Waals surface area (Å²) in [6, 6.07) is 4.33. The molecular weight excluding hydrogens is 435 g/mol. The van der Waals surface area contributed by atoms with Crippen LogP contribution in [-0.2, 0) is 19.4 Å². The van der Waals surface area contributed by atoms with Crippen molar-refractivity contribution in [2.24, 2.45) is 0 Å². The maximum absolute atomic E-state index is 13.3. The molecule has 0 saturated heterocycles. The lowest BCUT2D eigenvalue weighted by atomic mass is 10.2. The Morgan fingerprint density at radius 3 is 2.28 bits per heavy atom. The highest BCUT2D eigenvalue weighted by Crippen LogP contribution is 2.27. The average molecular weight is 450 g/mol. The molecule has 0 radical (unpaired) electrons. The van der Waals surface area contributed by atoms with E-state index in [4.69, 9.17) is 16.3 Å². The Hall–Kier alpha value is -2.59. The van der Waals surface area contributed by atoms with E-state index in [0.717, 1.165) is 19.1 Å². The Labute approximate surface area is 169 Å². The molecule has 0 aliphatic heterocycles. The van der Waals surface area contributed by atoms with Crippen molar-refractivity contribution < 1.29 is 35.9 Å². The number of rotatable bonds is 6. The van der Waals surface area contributed by atoms with E-state index in [1.54, 1.807) is 0 Å². The first-order chi connectivity index (χ1) is 13.5. The summed E-state index contributed by atoms with van der Waals surface area (Å²) in [7, 11) is -4.30. The van der Waals surface area contributed by atoms with Crippen molar-refractivity contribution in [2.75, 3.05) is 11.9 Å². The first-order valence-corrected chi connectivity index (χ1v) is 10.1. The van der Waals surface area contributed by atoms with Crippen molar-refractivity contribution in [1.29, 1.82) is 0 Å². The number of benzene rings is 2. The van der Waals surface area contributed by atoms with Gasteiger partial charge in [0.2, 0.25) is 0 Å². The van der Waals surface area contributed by atoms with Crippen LogP contribution in [-0.4, -0.2) is 32.2 Å². The van der Waals surface area contributed by atoms with Crippen LogP contribution in [0, 0.1) is 17.5 Å². The lowest BCUT2D eigenvalue weighted by Gasteiger charge is -2.14. The highest BCUT2D eigenvalue weighted by molar-refractivity contribution is 7.92. The predicted octanol–water partition coefficient (Wildman–Crippen LogP) is 3.73. The molecule has 0 heterocycles. The fourth-order valence-corrected chi connectivity index (χ4v) is 4.04. The Kier molecular flexibility index (Phi) is 6.91. The Morgan fingerprint density at radius 2 is 1.72 bits per heavy atom. The first-order valence-electron chi connectivity index (χ1n) is 8.15. The molecule has 2 aromatic rings. The van der Waals surface area contributed by atoms with E-state index >= 15 is 0 Å². The molecule has 2 aromatic carbocycles. The van der Waals surface area contributed by atoms with Crippen molar-refractivity contribution in [2.45, 2.75) is 24.0 Å². The number of halogens is 4. The molecule has 0 aromatic heterocycles. The standard InChI is InChI=1S/C18H15ClF3NO5S/c1-3-28-18(25)9(2)29(26,27)15-6-10(4-5-12(15)19)17(24)23-11-7-13(20)16(22)14(21)8-11/h4-9H,3H2,1-2H3,(H,23,24). The van der Waals surface area contributed by atoms with Crippen LogP contribution >= 0.6 is 11.6 Å². The number of esters is 1. The van der Waals surface area contributed by atoms with Gasteiger partial charge in [-0.15, -0.1) is 0 Å². The van der Waals surface area contributed by atoms with Gasteiger partial charge in [-0.3, -0.25) is 9.59 Å². The second-order valence-corrected chi connectivity index (χ2v) is 8.44. The van der Waals surface area contributed by atoms with Gasteiger partial charge in [0.25, 0.3) is 5.91 Å². The molecule has 6 nitrogen and oxygen atoms in total. The predicted molar refractivity (Wildman–Crippen MR) is 99.0 cm³/mol. The minimum atomic E-state index is -4.30. The van der Waals surface area contributed by atoms with Crippen LogP contribution in [0.3, 0.4) is 0 Å². The van der Waals surface area contributed by atoms with Crippen molar-refractivity contribution >= 4 is 39.0 Å². The van der Waals surface area contributed by atoms with E-state index in [1.807, 2.05) is 0 Å². The number of hydrogen-bond donors (Lipinski definition) is 1. The maximum atomic E-state index is 13.3. The van der Waals surface area contributed by atoms with Gasteiger partial charge in [-0.2, -0.15) is 0 Å². The van der Waals surface area contributed by atoms with Gasteiger partial charge < -0.3 is 10.1 Å². The Balaban J connectivity index is 2.37. The quantitative estimate of drug-likeness (QED) is 0.536. The molecule has 1 N–H and O–H groups in total. The fourth-order valence-electron chi connectivity index (χ4n) is 2.27. The Bertz CT molecular complexity index is 1050. The van der Waals surface area contributed by atoms with Crippen LogP contribution in [0.2, 0.25) is 5.02 Å². The molecule has 156 valence electrons. The second kappa shape index (κ2) is 8.83. The van der Waals surface area contributed by atoms with Gasteiger partial charge in [0.15, 0.2) is 32.5 Å². The third-order valence-electron chi connectivity index (χ3n) is 3.83. The van der Waals surface area contributed by atoms with Gasteiger partial charge in [-0.1, -0.05) is 11.6 Å². The minimum absolute atomic E-state index is 0.0281. The number of nitrogens with one attached hydrogen (secondary N) is 1. The summed E-state index contributed by atoms with van der Waals surface area (Å²) in [6.45, 7) is 2.59. The monoisotopic (exact) mass is 449 g/mol. The van der Waals surface area contributed by atoms with Crippen molar-refractivity contribution in [3.05, 3.63) is 58.4 Å². The van der Waals surface area contributed by atoms with Gasteiger partial charge in [0.1, 0.15) is 0 Å². The van der Waals surface area contributed by atoms with Crippen LogP contribution in [0.25, 0.3) is 0 Å². The number of hydrogen-bond acceptors (Lipinski definition) is 5. The van der Waals surface area contributed by atoms with Crippen LogP contribution in [0.4, 0.5) is 18.9 Å². The van der Waals surface area contributed by atoms with E-state index in [2.05, 4.69) is 5.32 Å². The number of amides is 1. The molecule has 11 heteroatoms. The van der Waals surface area contributed by atoms with E-state index in [0.29, 0.717) is 12.1 Å². The molecular formula is C18H15ClF3NO5S. The van der Waals surface area contributed by atoms with Gasteiger partial charge in [0.05, 0.1) is 16.5 Å². The zero-order valence-corrected chi connectivity index (χ0v) is 16.7. The summed E-state index contributed by atoms with van der Waals surface area (Å²) in [5, 5.41) is 0.298. The number of sulfone groups is 1. The van der Waals surface area contributed by atoms with Crippen LogP contribution in [0.15, 0.2) is 35.2 Å². The first kappa shape index (κ1) is 22.7. The lowest BCUT2D eigenvalue weighted by Crippen LogP contribution is -2.29. The summed E-state index contributed by atoms with van der Waals surface area (Å²) < 4.78 is 69.6. The molecule has 29 heavy (non-hydrogen) atoms. The molecule has 0 bridgehead atoms. The summed E-state index contributed by atoms with van der Waals surface area (Å²) in [4.78, 5) is 23.6. The van der Waals surface area contributed by atoms with Crippen LogP contribution < -0.4 is 5.32 Å². The summed E-state index contributed by atoms with van der Waals surface area (Å²) in [5.74, 6) is -6.65. The molecule has 1 amide bonds. The zero-order valence-electron chi connectivity index (χ0n) is 15.1. The number of carbonyl (C=O) groups is 2. The van der Waals surface area contributed by atoms with Crippen molar-refractivity contribution in [3.63, 3.8) is 0 Å². The maximum Gasteiger partial charge on any atom is 0.324 e. The Morgan fingerprint density at radius 1 is 1.14 bits per heavy atom. The van der Waals surface area contributed by atoms with E-state index in [1.165, 1.54) is 13.0 Å². The number of anilines is 1. The molecule has 0 spiro atoms. The topological polar surface area (TPSA) is 89.5 Å². The largest absolute Gasteiger partial charge is 0.465 e. The lowest BCUT2D eigenvalue weighted by molar-refractivity contribution is -0.142. The van der Waals surface area contributed by atoms with Crippen molar-refractivity contribution in [1.82, 2.24) is 0 Å². The smallest absolute Gasteiger partial charge is 0.324 e. The normalized spacial score (nSPS) is 12.3. The van der Waals surface area contributed by atoms with Gasteiger partial charge in [-0.05, 0) is 32.0 Å². The summed E-state index contributed by atoms with van der Waals surface area (Å²) in [5.41, 5.74) is -0.611. The zero-order chi connectivity index (χ0) is 21.9. The van der Waals surface area contributed by atoms with Crippen LogP contribution in [0.1, 0.15) is 24.2 Å². The number of ether oxygens (including phenoxy) is 1. The van der Waals surface area contributed by atoms with E-state index in [9.17, 15) is 31.2 Å². The molecule has 0 aliphatic rings. The molecule has 2 rings (SSSR count). The van der Waals surface area contributed by atoms with Crippen molar-refractivity contribution in [3.8, 4) is 0 Å².